The molecule has 128 valence electrons. The second kappa shape index (κ2) is 7.28. The van der Waals surface area contributed by atoms with Gasteiger partial charge in [0.25, 0.3) is 0 Å². The molecule has 25 heavy (non-hydrogen) atoms. The van der Waals surface area contributed by atoms with Crippen molar-refractivity contribution in [2.75, 3.05) is 0 Å². The van der Waals surface area contributed by atoms with Crippen molar-refractivity contribution < 1.29 is 20.4 Å². The third-order valence-corrected chi connectivity index (χ3v) is 4.20. The van der Waals surface area contributed by atoms with Crippen LogP contribution < -0.4 is 0 Å². The second-order valence-electron chi connectivity index (χ2n) is 6.10. The van der Waals surface area contributed by atoms with E-state index in [1.807, 2.05) is 24.3 Å². The van der Waals surface area contributed by atoms with Crippen LogP contribution in [0.2, 0.25) is 0 Å². The van der Waals surface area contributed by atoms with Gasteiger partial charge in [-0.1, -0.05) is 30.3 Å². The summed E-state index contributed by atoms with van der Waals surface area (Å²) in [6.07, 6.45) is 1.05. The monoisotopic (exact) mass is 336 g/mol. The van der Waals surface area contributed by atoms with E-state index in [0.29, 0.717) is 12.8 Å². The van der Waals surface area contributed by atoms with Gasteiger partial charge in [0.15, 0.2) is 0 Å². The molecule has 4 heteroatoms. The molecule has 0 heterocycles. The Morgan fingerprint density at radius 3 is 1.64 bits per heavy atom. The highest BCUT2D eigenvalue weighted by atomic mass is 16.3. The van der Waals surface area contributed by atoms with E-state index in [1.54, 1.807) is 36.4 Å². The van der Waals surface area contributed by atoms with E-state index >= 15 is 0 Å². The van der Waals surface area contributed by atoms with Crippen LogP contribution in [0.25, 0.3) is 0 Å². The lowest BCUT2D eigenvalue weighted by molar-refractivity contribution is 0.281. The molecule has 0 aliphatic heterocycles. The number of aliphatic hydroxyl groups is 1. The first-order valence-electron chi connectivity index (χ1n) is 8.05. The van der Waals surface area contributed by atoms with Crippen molar-refractivity contribution in [1.82, 2.24) is 0 Å². The van der Waals surface area contributed by atoms with Crippen LogP contribution in [0.3, 0.4) is 0 Å². The summed E-state index contributed by atoms with van der Waals surface area (Å²) in [6.45, 7) is -0.0744. The van der Waals surface area contributed by atoms with Gasteiger partial charge < -0.3 is 20.4 Å². The molecule has 0 spiro atoms. The zero-order valence-electron chi connectivity index (χ0n) is 13.7. The van der Waals surface area contributed by atoms with Gasteiger partial charge in [-0.2, -0.15) is 0 Å². The largest absolute Gasteiger partial charge is 0.508 e. The molecule has 4 N–H and O–H groups in total. The predicted octanol–water partition coefficient (Wildman–Crippen LogP) is 3.48. The maximum absolute atomic E-state index is 10.1. The SMILES string of the molecule is OCc1ccc(O)c(Cc2ccc(O)c(Cc3ccc(O)cc3)c2)c1. The van der Waals surface area contributed by atoms with Crippen LogP contribution >= 0.6 is 0 Å². The number of rotatable bonds is 5. The first-order chi connectivity index (χ1) is 12.0. The van der Waals surface area contributed by atoms with Gasteiger partial charge in [0.1, 0.15) is 17.2 Å². The van der Waals surface area contributed by atoms with Gasteiger partial charge in [-0.15, -0.1) is 0 Å². The first-order valence-corrected chi connectivity index (χ1v) is 8.05. The molecule has 0 unspecified atom stereocenters. The Kier molecular flexibility index (Phi) is 4.91. The average Bonchev–Trinajstić information content (AvgIpc) is 2.61. The Morgan fingerprint density at radius 2 is 1.04 bits per heavy atom. The lowest BCUT2D eigenvalue weighted by Gasteiger charge is -2.10. The van der Waals surface area contributed by atoms with Gasteiger partial charge in [0.2, 0.25) is 0 Å². The predicted molar refractivity (Wildman–Crippen MR) is 95.9 cm³/mol. The Morgan fingerprint density at radius 1 is 0.560 bits per heavy atom. The number of aliphatic hydroxyl groups excluding tert-OH is 1. The molecule has 0 saturated heterocycles. The summed E-state index contributed by atoms with van der Waals surface area (Å²) in [5.74, 6) is 0.608. The highest BCUT2D eigenvalue weighted by Crippen LogP contribution is 2.26. The fourth-order valence-electron chi connectivity index (χ4n) is 2.82. The molecule has 0 saturated carbocycles. The third-order valence-electron chi connectivity index (χ3n) is 4.20. The number of aromatic hydroxyl groups is 3. The van der Waals surface area contributed by atoms with Gasteiger partial charge in [-0.3, -0.25) is 0 Å². The lowest BCUT2D eigenvalue weighted by atomic mass is 9.97. The lowest BCUT2D eigenvalue weighted by Crippen LogP contribution is -1.95. The average molecular weight is 336 g/mol. The Bertz CT molecular complexity index is 870. The molecule has 0 amide bonds. The van der Waals surface area contributed by atoms with Crippen LogP contribution in [0.1, 0.15) is 27.8 Å². The van der Waals surface area contributed by atoms with E-state index in [9.17, 15) is 20.4 Å². The molecule has 3 rings (SSSR count). The minimum atomic E-state index is -0.0744. The fourth-order valence-corrected chi connectivity index (χ4v) is 2.82. The molecule has 3 aromatic rings. The van der Waals surface area contributed by atoms with E-state index in [-0.39, 0.29) is 23.9 Å². The molecule has 0 aliphatic rings. The van der Waals surface area contributed by atoms with Crippen LogP contribution in [-0.4, -0.2) is 20.4 Å². The maximum atomic E-state index is 10.1. The Balaban J connectivity index is 1.85. The van der Waals surface area contributed by atoms with Gasteiger partial charge in [0.05, 0.1) is 6.61 Å². The molecular weight excluding hydrogens is 316 g/mol. The van der Waals surface area contributed by atoms with Crippen molar-refractivity contribution >= 4 is 0 Å². The third kappa shape index (κ3) is 4.11. The highest BCUT2D eigenvalue weighted by molar-refractivity contribution is 5.44. The minimum absolute atomic E-state index is 0.0744. The van der Waals surface area contributed by atoms with Crippen LogP contribution in [0.4, 0.5) is 0 Å². The standard InChI is InChI=1S/C21H20O4/c22-13-16-4-8-21(25)18(12-16)11-15-3-7-20(24)17(10-15)9-14-1-5-19(23)6-2-14/h1-8,10,12,22-25H,9,11,13H2. The fraction of sp³-hybridized carbons (Fsp3) is 0.143. The second-order valence-corrected chi connectivity index (χ2v) is 6.10. The maximum Gasteiger partial charge on any atom is 0.119 e. The molecule has 3 aromatic carbocycles. The Hall–Kier alpha value is -2.98. The van der Waals surface area contributed by atoms with Crippen molar-refractivity contribution in [1.29, 1.82) is 0 Å². The van der Waals surface area contributed by atoms with Crippen molar-refractivity contribution in [3.63, 3.8) is 0 Å². The van der Waals surface area contributed by atoms with Crippen LogP contribution in [0.5, 0.6) is 17.2 Å². The molecule has 0 aromatic heterocycles. The van der Waals surface area contributed by atoms with E-state index in [0.717, 1.165) is 27.8 Å². The molecule has 0 radical (unpaired) electrons. The summed E-state index contributed by atoms with van der Waals surface area (Å²) in [5, 5.41) is 38.8. The summed E-state index contributed by atoms with van der Waals surface area (Å²) in [4.78, 5) is 0. The molecular formula is C21H20O4. The minimum Gasteiger partial charge on any atom is -0.508 e. The van der Waals surface area contributed by atoms with E-state index in [1.165, 1.54) is 0 Å². The van der Waals surface area contributed by atoms with Crippen LogP contribution in [0.15, 0.2) is 60.7 Å². The molecule has 0 bridgehead atoms. The quantitative estimate of drug-likeness (QED) is 0.575. The van der Waals surface area contributed by atoms with E-state index < -0.39 is 0 Å². The van der Waals surface area contributed by atoms with Crippen LogP contribution in [-0.2, 0) is 19.4 Å². The topological polar surface area (TPSA) is 80.9 Å². The number of benzene rings is 3. The van der Waals surface area contributed by atoms with Gasteiger partial charge in [-0.25, -0.2) is 0 Å². The summed E-state index contributed by atoms with van der Waals surface area (Å²) in [7, 11) is 0. The number of phenols is 3. The van der Waals surface area contributed by atoms with Crippen molar-refractivity contribution in [2.24, 2.45) is 0 Å². The normalized spacial score (nSPS) is 10.8. The summed E-state index contributed by atoms with van der Waals surface area (Å²) < 4.78 is 0. The first kappa shape index (κ1) is 16.9. The van der Waals surface area contributed by atoms with Gasteiger partial charge >= 0.3 is 0 Å². The summed E-state index contributed by atoms with van der Waals surface area (Å²) >= 11 is 0. The zero-order valence-corrected chi connectivity index (χ0v) is 13.7. The zero-order chi connectivity index (χ0) is 17.8. The van der Waals surface area contributed by atoms with E-state index in [4.69, 9.17) is 0 Å². The molecule has 0 aliphatic carbocycles. The number of phenolic OH excluding ortho intramolecular Hbond substituents is 3. The summed E-state index contributed by atoms with van der Waals surface area (Å²) in [5.41, 5.74) is 4.19. The van der Waals surface area contributed by atoms with Gasteiger partial charge in [0, 0.05) is 12.8 Å². The van der Waals surface area contributed by atoms with Crippen molar-refractivity contribution in [3.05, 3.63) is 88.5 Å². The van der Waals surface area contributed by atoms with Gasteiger partial charge in [-0.05, 0) is 58.1 Å². The molecule has 4 nitrogen and oxygen atoms in total. The molecule has 0 atom stereocenters. The number of hydrogen-bond acceptors (Lipinski definition) is 4. The smallest absolute Gasteiger partial charge is 0.119 e. The highest BCUT2D eigenvalue weighted by Gasteiger charge is 2.08. The van der Waals surface area contributed by atoms with Crippen molar-refractivity contribution in [3.8, 4) is 17.2 Å². The number of hydrogen-bond donors (Lipinski definition) is 4. The summed E-state index contributed by atoms with van der Waals surface area (Å²) in [6, 6.07) is 17.3. The Labute approximate surface area is 146 Å². The van der Waals surface area contributed by atoms with Crippen molar-refractivity contribution in [2.45, 2.75) is 19.4 Å². The van der Waals surface area contributed by atoms with Crippen LogP contribution in [0, 0.1) is 0 Å². The molecule has 0 fully saturated rings. The van der Waals surface area contributed by atoms with E-state index in [2.05, 4.69) is 0 Å².